The predicted octanol–water partition coefficient (Wildman–Crippen LogP) is 2.78. The lowest BCUT2D eigenvalue weighted by Gasteiger charge is -2.06. The Morgan fingerprint density at radius 2 is 2.24 bits per heavy atom. The van der Waals surface area contributed by atoms with Gasteiger partial charge in [-0.15, -0.1) is 11.3 Å². The summed E-state index contributed by atoms with van der Waals surface area (Å²) in [5.74, 6) is 8.10. The Morgan fingerprint density at radius 3 is 2.94 bits per heavy atom. The highest BCUT2D eigenvalue weighted by atomic mass is 32.2. The lowest BCUT2D eigenvalue weighted by atomic mass is 10.1. The Kier molecular flexibility index (Phi) is 4.88. The van der Waals surface area contributed by atoms with E-state index in [-0.39, 0.29) is 5.91 Å². The summed E-state index contributed by atoms with van der Waals surface area (Å²) >= 11 is 3.52. The largest absolute Gasteiger partial charge is 0.289 e. The van der Waals surface area contributed by atoms with E-state index in [1.807, 2.05) is 23.9 Å². The molecule has 3 nitrogen and oxygen atoms in total. The molecular formula is C12H18N2OS2. The molecule has 94 valence electrons. The molecular weight excluding hydrogens is 252 g/mol. The van der Waals surface area contributed by atoms with E-state index in [2.05, 4.69) is 5.43 Å². The summed E-state index contributed by atoms with van der Waals surface area (Å²) in [4.78, 5) is 13.2. The van der Waals surface area contributed by atoms with Crippen LogP contribution in [0.4, 0.5) is 0 Å². The van der Waals surface area contributed by atoms with Crippen LogP contribution in [0.1, 0.15) is 40.2 Å². The first-order chi connectivity index (χ1) is 8.29. The average molecular weight is 270 g/mol. The minimum atomic E-state index is -0.193. The normalized spacial score (nSPS) is 16.3. The van der Waals surface area contributed by atoms with Gasteiger partial charge in [0.05, 0.1) is 4.88 Å². The highest BCUT2D eigenvalue weighted by Gasteiger charge is 2.15. The number of nitrogen functional groups attached to an aromatic ring is 1. The fraction of sp³-hybridized carbons (Fsp3) is 0.583. The molecule has 17 heavy (non-hydrogen) atoms. The van der Waals surface area contributed by atoms with Crippen LogP contribution in [-0.2, 0) is 5.75 Å². The van der Waals surface area contributed by atoms with Gasteiger partial charge in [-0.2, -0.15) is 11.8 Å². The van der Waals surface area contributed by atoms with Crippen molar-refractivity contribution in [3.05, 3.63) is 21.9 Å². The smallest absolute Gasteiger partial charge is 0.275 e. The fourth-order valence-electron chi connectivity index (χ4n) is 2.15. The zero-order valence-electron chi connectivity index (χ0n) is 9.78. The number of thioether (sulfide) groups is 1. The molecule has 1 aromatic heterocycles. The molecule has 1 aliphatic carbocycles. The molecule has 0 atom stereocenters. The van der Waals surface area contributed by atoms with Gasteiger partial charge in [-0.1, -0.05) is 12.8 Å². The maximum atomic E-state index is 11.3. The minimum Gasteiger partial charge on any atom is -0.289 e. The number of carbonyl (C=O) groups excluding carboxylic acids is 1. The van der Waals surface area contributed by atoms with E-state index in [0.717, 1.165) is 11.7 Å². The maximum absolute atomic E-state index is 11.3. The Morgan fingerprint density at radius 1 is 1.47 bits per heavy atom. The standard InChI is InChI=1S/C12H18N2OS2/c13-14-12(15)11-6-5-10(17-11)8-16-7-9-3-1-2-4-9/h5-6,9H,1-4,7-8,13H2,(H,14,15). The van der Waals surface area contributed by atoms with E-state index >= 15 is 0 Å². The first-order valence-electron chi connectivity index (χ1n) is 5.97. The lowest BCUT2D eigenvalue weighted by Crippen LogP contribution is -2.29. The summed E-state index contributed by atoms with van der Waals surface area (Å²) < 4.78 is 0. The molecule has 1 fully saturated rings. The summed E-state index contributed by atoms with van der Waals surface area (Å²) in [5.41, 5.74) is 2.16. The molecule has 0 spiro atoms. The molecule has 0 saturated heterocycles. The summed E-state index contributed by atoms with van der Waals surface area (Å²) in [6, 6.07) is 3.87. The first-order valence-corrected chi connectivity index (χ1v) is 7.94. The van der Waals surface area contributed by atoms with Crippen LogP contribution in [0.2, 0.25) is 0 Å². The molecule has 0 bridgehead atoms. The molecule has 5 heteroatoms. The number of carbonyl (C=O) groups is 1. The van der Waals surface area contributed by atoms with Gasteiger partial charge in [-0.25, -0.2) is 5.84 Å². The zero-order chi connectivity index (χ0) is 12.1. The Labute approximate surface area is 110 Å². The molecule has 1 saturated carbocycles. The van der Waals surface area contributed by atoms with Crippen molar-refractivity contribution in [3.63, 3.8) is 0 Å². The van der Waals surface area contributed by atoms with Gasteiger partial charge in [0.25, 0.3) is 5.91 Å². The number of hydrogen-bond donors (Lipinski definition) is 2. The van der Waals surface area contributed by atoms with Gasteiger partial charge in [0.1, 0.15) is 0 Å². The second kappa shape index (κ2) is 6.42. The maximum Gasteiger partial charge on any atom is 0.275 e. The van der Waals surface area contributed by atoms with E-state index in [1.54, 1.807) is 0 Å². The van der Waals surface area contributed by atoms with Crippen molar-refractivity contribution in [2.45, 2.75) is 31.4 Å². The third-order valence-electron chi connectivity index (χ3n) is 3.09. The minimum absolute atomic E-state index is 0.193. The molecule has 0 aliphatic heterocycles. The third-order valence-corrected chi connectivity index (χ3v) is 5.58. The summed E-state index contributed by atoms with van der Waals surface area (Å²) in [5, 5.41) is 0. The SMILES string of the molecule is NNC(=O)c1ccc(CSCC2CCCC2)s1. The molecule has 1 aliphatic rings. The van der Waals surface area contributed by atoms with E-state index < -0.39 is 0 Å². The highest BCUT2D eigenvalue weighted by Crippen LogP contribution is 2.30. The van der Waals surface area contributed by atoms with Crippen molar-refractivity contribution in [2.24, 2.45) is 11.8 Å². The van der Waals surface area contributed by atoms with Crippen LogP contribution < -0.4 is 11.3 Å². The van der Waals surface area contributed by atoms with Crippen LogP contribution in [0, 0.1) is 5.92 Å². The van der Waals surface area contributed by atoms with Gasteiger partial charge in [0, 0.05) is 10.6 Å². The van der Waals surface area contributed by atoms with Gasteiger partial charge >= 0.3 is 0 Å². The second-order valence-corrected chi connectivity index (χ2v) is 6.60. The molecule has 0 unspecified atom stereocenters. The van der Waals surface area contributed by atoms with Crippen LogP contribution in [0.25, 0.3) is 0 Å². The predicted molar refractivity (Wildman–Crippen MR) is 74.1 cm³/mol. The number of nitrogens with one attached hydrogen (secondary N) is 1. The molecule has 0 radical (unpaired) electrons. The molecule has 0 aromatic carbocycles. The van der Waals surface area contributed by atoms with E-state index in [4.69, 9.17) is 5.84 Å². The van der Waals surface area contributed by atoms with E-state index in [9.17, 15) is 4.79 Å². The summed E-state index contributed by atoms with van der Waals surface area (Å²) in [7, 11) is 0. The van der Waals surface area contributed by atoms with Crippen LogP contribution in [0.5, 0.6) is 0 Å². The van der Waals surface area contributed by atoms with E-state index in [0.29, 0.717) is 4.88 Å². The van der Waals surface area contributed by atoms with Crippen molar-refractivity contribution in [1.82, 2.24) is 5.43 Å². The number of nitrogens with two attached hydrogens (primary N) is 1. The molecule has 1 aromatic rings. The van der Waals surface area contributed by atoms with Crippen molar-refractivity contribution in [2.75, 3.05) is 5.75 Å². The topological polar surface area (TPSA) is 55.1 Å². The van der Waals surface area contributed by atoms with Crippen LogP contribution in [0.3, 0.4) is 0 Å². The van der Waals surface area contributed by atoms with Gasteiger partial charge in [0.2, 0.25) is 0 Å². The third kappa shape index (κ3) is 3.72. The average Bonchev–Trinajstić information content (AvgIpc) is 2.99. The zero-order valence-corrected chi connectivity index (χ0v) is 11.4. The molecule has 2 rings (SSSR count). The highest BCUT2D eigenvalue weighted by molar-refractivity contribution is 7.98. The van der Waals surface area contributed by atoms with Gasteiger partial charge < -0.3 is 0 Å². The van der Waals surface area contributed by atoms with Crippen molar-refractivity contribution >= 4 is 29.0 Å². The second-order valence-electron chi connectivity index (χ2n) is 4.41. The number of thiophene rings is 1. The fourth-order valence-corrected chi connectivity index (χ4v) is 4.43. The Bertz CT molecular complexity index is 372. The van der Waals surface area contributed by atoms with Gasteiger partial charge in [-0.3, -0.25) is 10.2 Å². The van der Waals surface area contributed by atoms with Crippen LogP contribution in [-0.4, -0.2) is 11.7 Å². The first kappa shape index (κ1) is 12.9. The number of rotatable bonds is 5. The van der Waals surface area contributed by atoms with Gasteiger partial charge in [-0.05, 0) is 36.6 Å². The Balaban J connectivity index is 1.74. The van der Waals surface area contributed by atoms with Gasteiger partial charge in [0.15, 0.2) is 0 Å². The van der Waals surface area contributed by atoms with Crippen LogP contribution in [0.15, 0.2) is 12.1 Å². The molecule has 3 N–H and O–H groups in total. The number of hydrazine groups is 1. The lowest BCUT2D eigenvalue weighted by molar-refractivity contribution is 0.0957. The number of amides is 1. The van der Waals surface area contributed by atoms with Crippen molar-refractivity contribution in [3.8, 4) is 0 Å². The quantitative estimate of drug-likeness (QED) is 0.491. The van der Waals surface area contributed by atoms with Crippen molar-refractivity contribution < 1.29 is 4.79 Å². The van der Waals surface area contributed by atoms with E-state index in [1.165, 1.54) is 47.7 Å². The summed E-state index contributed by atoms with van der Waals surface area (Å²) in [6.45, 7) is 0. The molecule has 1 heterocycles. The summed E-state index contributed by atoms with van der Waals surface area (Å²) in [6.07, 6.45) is 5.62. The number of hydrogen-bond acceptors (Lipinski definition) is 4. The molecule has 1 amide bonds. The monoisotopic (exact) mass is 270 g/mol. The van der Waals surface area contributed by atoms with Crippen LogP contribution >= 0.6 is 23.1 Å². The Hall–Kier alpha value is -0.520. The van der Waals surface area contributed by atoms with Crippen molar-refractivity contribution in [1.29, 1.82) is 0 Å².